The summed E-state index contributed by atoms with van der Waals surface area (Å²) < 4.78 is 42.9. The van der Waals surface area contributed by atoms with E-state index in [2.05, 4.69) is 128 Å². The van der Waals surface area contributed by atoms with Crippen molar-refractivity contribution in [3.8, 4) is 5.75 Å². The predicted octanol–water partition coefficient (Wildman–Crippen LogP) is 10.2. The molecule has 2 fully saturated rings. The van der Waals surface area contributed by atoms with Crippen LogP contribution in [0, 0.1) is 55.4 Å². The summed E-state index contributed by atoms with van der Waals surface area (Å²) in [6.45, 7) is 17.5. The van der Waals surface area contributed by atoms with Crippen LogP contribution >= 0.6 is 16.3 Å². The van der Waals surface area contributed by atoms with Crippen molar-refractivity contribution in [1.29, 1.82) is 0 Å². The van der Waals surface area contributed by atoms with Crippen molar-refractivity contribution in [2.24, 2.45) is 0 Å². The first-order valence-corrected chi connectivity index (χ1v) is 22.9. The lowest BCUT2D eigenvalue weighted by atomic mass is 9.98. The first kappa shape index (κ1) is 41.5. The van der Waals surface area contributed by atoms with Gasteiger partial charge >= 0.3 is 0 Å². The van der Waals surface area contributed by atoms with Crippen molar-refractivity contribution in [2.75, 3.05) is 6.61 Å². The monoisotopic (exact) mass is 824 g/mol. The molecule has 8 rings (SSSR count). The number of para-hydroxylation sites is 1. The Morgan fingerprint density at radius 3 is 1.54 bits per heavy atom. The number of fused-ring (bicyclic) bond motifs is 1. The molecule has 59 heavy (non-hydrogen) atoms. The predicted molar refractivity (Wildman–Crippen MR) is 242 cm³/mol. The largest absolute Gasteiger partial charge is 0.462 e. The molecule has 7 unspecified atom stereocenters. The molecule has 304 valence electrons. The molecule has 2 saturated heterocycles. The third-order valence-electron chi connectivity index (χ3n) is 10.7. The minimum Gasteiger partial charge on any atom is -0.462 e. The molecule has 0 bridgehead atoms. The molecule has 0 radical (unpaired) electrons. The van der Waals surface area contributed by atoms with Gasteiger partial charge in [-0.1, -0.05) is 124 Å². The summed E-state index contributed by atoms with van der Waals surface area (Å²) in [4.78, 5) is 0. The number of aryl methyl sites for hydroxylation is 8. The van der Waals surface area contributed by atoms with Gasteiger partial charge in [-0.15, -0.1) is 0 Å². The van der Waals surface area contributed by atoms with Crippen LogP contribution < -0.4 is 26.0 Å². The Labute approximate surface area is 352 Å². The molecular weight excluding hydrogens is 771 g/mol. The third kappa shape index (κ3) is 9.72. The third-order valence-corrected chi connectivity index (χ3v) is 14.7. The topological polar surface area (TPSA) is 55.4 Å². The van der Waals surface area contributed by atoms with Crippen LogP contribution in [0.15, 0.2) is 133 Å². The Kier molecular flexibility index (Phi) is 12.8. The average molecular weight is 825 g/mol. The highest BCUT2D eigenvalue weighted by Crippen LogP contribution is 2.49. The van der Waals surface area contributed by atoms with E-state index in [1.54, 1.807) is 0 Å². The van der Waals surface area contributed by atoms with Crippen LogP contribution in [0.3, 0.4) is 0 Å². The highest BCUT2D eigenvalue weighted by atomic mass is 31.1. The fourth-order valence-corrected chi connectivity index (χ4v) is 12.8. The van der Waals surface area contributed by atoms with E-state index in [0.717, 1.165) is 26.8 Å². The van der Waals surface area contributed by atoms with Gasteiger partial charge in [0, 0.05) is 26.8 Å². The fraction of sp³-hybridized carbons (Fsp3) is 0.294. The van der Waals surface area contributed by atoms with E-state index < -0.39 is 53.3 Å². The molecule has 0 aliphatic carbocycles. The van der Waals surface area contributed by atoms with Crippen molar-refractivity contribution in [2.45, 2.75) is 92.4 Å². The van der Waals surface area contributed by atoms with Gasteiger partial charge in [0.15, 0.2) is 12.4 Å². The maximum atomic E-state index is 7.81. The summed E-state index contributed by atoms with van der Waals surface area (Å²) in [6, 6.07) is 46.8. The van der Waals surface area contributed by atoms with Crippen molar-refractivity contribution < 1.29 is 28.0 Å². The Morgan fingerprint density at radius 1 is 0.492 bits per heavy atom. The normalized spacial score (nSPS) is 22.2. The van der Waals surface area contributed by atoms with Gasteiger partial charge in [-0.25, -0.2) is 0 Å². The Hall–Kier alpha value is -4.22. The van der Waals surface area contributed by atoms with Crippen LogP contribution in [0.1, 0.15) is 56.4 Å². The second-order valence-electron chi connectivity index (χ2n) is 16.2. The van der Waals surface area contributed by atoms with Gasteiger partial charge in [-0.3, -0.25) is 0 Å². The molecule has 0 aromatic heterocycles. The first-order chi connectivity index (χ1) is 28.5. The molecule has 6 aromatic carbocycles. The summed E-state index contributed by atoms with van der Waals surface area (Å²) in [6.07, 6.45) is -3.93. The fourth-order valence-electron chi connectivity index (χ4n) is 8.29. The number of hydrogen-bond donors (Lipinski definition) is 0. The molecule has 2 aliphatic heterocycles. The second-order valence-corrected chi connectivity index (χ2v) is 19.8. The zero-order chi connectivity index (χ0) is 41.2. The summed E-state index contributed by atoms with van der Waals surface area (Å²) in [5, 5.41) is 4.51. The number of ether oxygens (including phenoxy) is 4. The van der Waals surface area contributed by atoms with E-state index in [1.165, 1.54) is 44.5 Å². The maximum absolute atomic E-state index is 7.81. The van der Waals surface area contributed by atoms with E-state index in [-0.39, 0.29) is 0 Å². The lowest BCUT2D eigenvalue weighted by molar-refractivity contribution is -0.342. The van der Waals surface area contributed by atoms with Crippen molar-refractivity contribution in [3.63, 3.8) is 0 Å². The molecule has 7 atom stereocenters. The van der Waals surface area contributed by atoms with Gasteiger partial charge in [0.2, 0.25) is 6.29 Å². The summed E-state index contributed by atoms with van der Waals surface area (Å²) >= 11 is 0. The number of benzene rings is 6. The molecule has 0 saturated carbocycles. The van der Waals surface area contributed by atoms with Gasteiger partial charge < -0.3 is 28.0 Å². The zero-order valence-electron chi connectivity index (χ0n) is 35.2. The van der Waals surface area contributed by atoms with Crippen LogP contribution in [-0.2, 0) is 23.3 Å². The highest BCUT2D eigenvalue weighted by Gasteiger charge is 2.54. The van der Waals surface area contributed by atoms with Gasteiger partial charge in [0.1, 0.15) is 24.1 Å². The molecule has 2 aliphatic rings. The lowest BCUT2D eigenvalue weighted by Gasteiger charge is -2.50. The van der Waals surface area contributed by atoms with Crippen LogP contribution in [-0.4, -0.2) is 37.3 Å². The smallest absolute Gasteiger partial charge is 0.229 e. The second kappa shape index (κ2) is 18.2. The van der Waals surface area contributed by atoms with Crippen LogP contribution in [0.25, 0.3) is 0 Å². The highest BCUT2D eigenvalue weighted by molar-refractivity contribution is 7.69. The van der Waals surface area contributed by atoms with Crippen molar-refractivity contribution in [3.05, 3.63) is 184 Å². The molecular formula is C51H54O6P2. The first-order valence-electron chi connectivity index (χ1n) is 20.4. The van der Waals surface area contributed by atoms with Gasteiger partial charge in [-0.05, 0) is 109 Å². The Bertz CT molecular complexity index is 2270. The number of rotatable bonds is 11. The Morgan fingerprint density at radius 2 is 1.00 bits per heavy atom. The van der Waals surface area contributed by atoms with Gasteiger partial charge in [0.25, 0.3) is 0 Å². The molecule has 0 amide bonds. The summed E-state index contributed by atoms with van der Waals surface area (Å²) in [5.41, 5.74) is 10.4. The van der Waals surface area contributed by atoms with Crippen LogP contribution in [0.4, 0.5) is 0 Å². The summed E-state index contributed by atoms with van der Waals surface area (Å²) in [7, 11) is -2.82. The molecule has 0 N–H and O–H groups in total. The van der Waals surface area contributed by atoms with Gasteiger partial charge in [0.05, 0.1) is 22.9 Å². The minimum atomic E-state index is -1.42. The quantitative estimate of drug-likeness (QED) is 0.121. The van der Waals surface area contributed by atoms with Crippen LogP contribution in [0.2, 0.25) is 0 Å². The number of hydrogen-bond acceptors (Lipinski definition) is 6. The molecule has 6 aromatic rings. The minimum absolute atomic E-state index is 0.291. The van der Waals surface area contributed by atoms with Crippen molar-refractivity contribution in [1.82, 2.24) is 0 Å². The standard InChI is InChI=1S/C51H54O6P2/c1-32-19-20-46(39(8)24-32)59(44-29-37(6)23-38(7)30-44)56-48-47-45(31-52-50(55-47)40-15-11-9-12-16-40)54-51(53-41-17-13-10-14-18-41)49(48)57-58(42-25-33(2)21-34(3)26-42)43-27-35(4)22-36(5)28-43/h9-30,45,47-51H,31H2,1-8H3. The molecule has 2 heterocycles. The SMILES string of the molecule is Cc1cc(C)cc(P(OC2C(Oc3ccccc3)OC3COC(c4ccccc4)OC3C2OP(c2cc(C)cc(C)c2)c2ccc(C)cc2C)c2cc(C)cc(C)c2)c1. The summed E-state index contributed by atoms with van der Waals surface area (Å²) in [5.74, 6) is 0.677. The maximum Gasteiger partial charge on any atom is 0.229 e. The van der Waals surface area contributed by atoms with Gasteiger partial charge in [-0.2, -0.15) is 0 Å². The Balaban J connectivity index is 1.32. The molecule has 8 heteroatoms. The van der Waals surface area contributed by atoms with E-state index in [4.69, 9.17) is 28.0 Å². The molecule has 6 nitrogen and oxygen atoms in total. The lowest BCUT2D eigenvalue weighted by Crippen LogP contribution is -2.64. The average Bonchev–Trinajstić information content (AvgIpc) is 3.19. The van der Waals surface area contributed by atoms with E-state index in [0.29, 0.717) is 12.4 Å². The zero-order valence-corrected chi connectivity index (χ0v) is 37.0. The molecule has 0 spiro atoms. The van der Waals surface area contributed by atoms with Crippen LogP contribution in [0.5, 0.6) is 5.75 Å². The van der Waals surface area contributed by atoms with E-state index in [9.17, 15) is 0 Å². The van der Waals surface area contributed by atoms with E-state index >= 15 is 0 Å². The van der Waals surface area contributed by atoms with Crippen molar-refractivity contribution >= 4 is 37.5 Å². The van der Waals surface area contributed by atoms with E-state index in [1.807, 2.05) is 60.7 Å².